The highest BCUT2D eigenvalue weighted by Crippen LogP contribution is 2.24. The summed E-state index contributed by atoms with van der Waals surface area (Å²) >= 11 is 0. The van der Waals surface area contributed by atoms with Crippen LogP contribution in [0.3, 0.4) is 0 Å². The molecule has 0 radical (unpaired) electrons. The Morgan fingerprint density at radius 2 is 2.26 bits per heavy atom. The van der Waals surface area contributed by atoms with Gasteiger partial charge in [-0.3, -0.25) is 9.89 Å². The van der Waals surface area contributed by atoms with Crippen LogP contribution in [0, 0.1) is 0 Å². The third kappa shape index (κ3) is 2.94. The minimum absolute atomic E-state index is 0.119. The van der Waals surface area contributed by atoms with Gasteiger partial charge in [-0.15, -0.1) is 5.10 Å². The number of carbonyl (C=O) groups excluding carboxylic acids is 1. The maximum atomic E-state index is 12.4. The highest BCUT2D eigenvalue weighted by molar-refractivity contribution is 5.90. The number of H-pyrrole nitrogens is 1. The zero-order valence-electron chi connectivity index (χ0n) is 12.1. The number of likely N-dealkylation sites (tertiary alicyclic amines) is 1. The number of rotatable bonds is 3. The number of carbonyl (C=O) groups is 1. The van der Waals surface area contributed by atoms with Crippen molar-refractivity contribution in [3.8, 4) is 0 Å². The number of methoxy groups -OCH3 is 1. The number of amides is 1. The normalized spacial score (nSPS) is 23.9. The number of nitrogens with one attached hydrogen (secondary N) is 1. The van der Waals surface area contributed by atoms with Crippen molar-refractivity contribution < 1.29 is 9.53 Å². The van der Waals surface area contributed by atoms with Crippen LogP contribution in [-0.2, 0) is 4.74 Å². The standard InChI is InChI=1S/C13H22N4O2/c1-9(2)10-14-11(16-15-10)12(18)17-7-5-6-13(3,8-17)19-4/h9H,5-8H2,1-4H3,(H,14,15,16). The molecular formula is C13H22N4O2. The average molecular weight is 266 g/mol. The summed E-state index contributed by atoms with van der Waals surface area (Å²) in [4.78, 5) is 18.4. The first kappa shape index (κ1) is 14.0. The molecule has 1 saturated heterocycles. The van der Waals surface area contributed by atoms with Gasteiger partial charge in [-0.2, -0.15) is 0 Å². The van der Waals surface area contributed by atoms with Gasteiger partial charge < -0.3 is 9.64 Å². The van der Waals surface area contributed by atoms with Gasteiger partial charge in [0.25, 0.3) is 5.91 Å². The van der Waals surface area contributed by atoms with Gasteiger partial charge in [-0.1, -0.05) is 13.8 Å². The first-order chi connectivity index (χ1) is 8.95. The first-order valence-corrected chi connectivity index (χ1v) is 6.72. The minimum atomic E-state index is -0.259. The van der Waals surface area contributed by atoms with Gasteiger partial charge in [-0.05, 0) is 19.8 Å². The first-order valence-electron chi connectivity index (χ1n) is 6.72. The van der Waals surface area contributed by atoms with Crippen LogP contribution in [0.25, 0.3) is 0 Å². The third-order valence-electron chi connectivity index (χ3n) is 3.68. The quantitative estimate of drug-likeness (QED) is 0.901. The van der Waals surface area contributed by atoms with Crippen LogP contribution in [0.5, 0.6) is 0 Å². The summed E-state index contributed by atoms with van der Waals surface area (Å²) in [5.41, 5.74) is -0.259. The molecule has 0 spiro atoms. The van der Waals surface area contributed by atoms with Crippen molar-refractivity contribution in [3.05, 3.63) is 11.6 Å². The molecule has 0 bridgehead atoms. The summed E-state index contributed by atoms with van der Waals surface area (Å²) in [5, 5.41) is 6.84. The molecule has 1 amide bonds. The van der Waals surface area contributed by atoms with Gasteiger partial charge in [0, 0.05) is 26.1 Å². The molecule has 1 aromatic rings. The molecule has 1 atom stereocenters. The fourth-order valence-corrected chi connectivity index (χ4v) is 2.32. The lowest BCUT2D eigenvalue weighted by Gasteiger charge is -2.38. The number of aromatic amines is 1. The second kappa shape index (κ2) is 5.28. The Balaban J connectivity index is 2.10. The lowest BCUT2D eigenvalue weighted by molar-refractivity contribution is -0.0442. The van der Waals surface area contributed by atoms with Crippen molar-refractivity contribution in [1.29, 1.82) is 0 Å². The van der Waals surface area contributed by atoms with Crippen LogP contribution in [0.1, 0.15) is 56.0 Å². The average Bonchev–Trinajstić information content (AvgIpc) is 2.87. The fraction of sp³-hybridized carbons (Fsp3) is 0.769. The maximum Gasteiger partial charge on any atom is 0.293 e. The van der Waals surface area contributed by atoms with E-state index in [0.29, 0.717) is 6.54 Å². The second-order valence-electron chi connectivity index (χ2n) is 5.68. The van der Waals surface area contributed by atoms with Crippen LogP contribution in [0.15, 0.2) is 0 Å². The molecule has 1 aliphatic rings. The number of piperidine rings is 1. The molecule has 1 N–H and O–H groups in total. The Morgan fingerprint density at radius 1 is 1.53 bits per heavy atom. The maximum absolute atomic E-state index is 12.4. The molecule has 1 aliphatic heterocycles. The number of aromatic nitrogens is 3. The Labute approximate surface area is 113 Å². The van der Waals surface area contributed by atoms with Crippen molar-refractivity contribution >= 4 is 5.91 Å². The van der Waals surface area contributed by atoms with Crippen LogP contribution in [0.4, 0.5) is 0 Å². The van der Waals surface area contributed by atoms with Crippen LogP contribution >= 0.6 is 0 Å². The Morgan fingerprint density at radius 3 is 2.84 bits per heavy atom. The second-order valence-corrected chi connectivity index (χ2v) is 5.68. The van der Waals surface area contributed by atoms with E-state index in [-0.39, 0.29) is 23.3 Å². The molecule has 1 unspecified atom stereocenters. The van der Waals surface area contributed by atoms with E-state index in [0.717, 1.165) is 25.2 Å². The molecular weight excluding hydrogens is 244 g/mol. The zero-order chi connectivity index (χ0) is 14.0. The molecule has 1 fully saturated rings. The third-order valence-corrected chi connectivity index (χ3v) is 3.68. The topological polar surface area (TPSA) is 71.1 Å². The summed E-state index contributed by atoms with van der Waals surface area (Å²) in [6.45, 7) is 7.39. The lowest BCUT2D eigenvalue weighted by Crippen LogP contribution is -2.49. The predicted octanol–water partition coefficient (Wildman–Crippen LogP) is 1.57. The van der Waals surface area contributed by atoms with Gasteiger partial charge in [0.1, 0.15) is 5.82 Å². The van der Waals surface area contributed by atoms with E-state index in [9.17, 15) is 4.79 Å². The van der Waals surface area contributed by atoms with Gasteiger partial charge >= 0.3 is 0 Å². The van der Waals surface area contributed by atoms with Crippen LogP contribution in [0.2, 0.25) is 0 Å². The summed E-state index contributed by atoms with van der Waals surface area (Å²) in [5.74, 6) is 1.12. The predicted molar refractivity (Wildman–Crippen MR) is 71.0 cm³/mol. The molecule has 0 saturated carbocycles. The van der Waals surface area contributed by atoms with Crippen molar-refractivity contribution in [3.63, 3.8) is 0 Å². The van der Waals surface area contributed by atoms with E-state index in [2.05, 4.69) is 15.2 Å². The molecule has 19 heavy (non-hydrogen) atoms. The Bertz CT molecular complexity index is 457. The van der Waals surface area contributed by atoms with E-state index in [4.69, 9.17) is 4.74 Å². The van der Waals surface area contributed by atoms with Gasteiger partial charge in [0.05, 0.1) is 5.60 Å². The zero-order valence-corrected chi connectivity index (χ0v) is 12.1. The Kier molecular flexibility index (Phi) is 3.89. The molecule has 2 heterocycles. The minimum Gasteiger partial charge on any atom is -0.377 e. The van der Waals surface area contributed by atoms with Gasteiger partial charge in [0.2, 0.25) is 5.82 Å². The Hall–Kier alpha value is -1.43. The molecule has 0 aromatic carbocycles. The summed E-state index contributed by atoms with van der Waals surface area (Å²) in [6.07, 6.45) is 1.91. The van der Waals surface area contributed by atoms with Crippen molar-refractivity contribution in [2.75, 3.05) is 20.2 Å². The molecule has 6 nitrogen and oxygen atoms in total. The van der Waals surface area contributed by atoms with Crippen molar-refractivity contribution in [1.82, 2.24) is 20.1 Å². The van der Waals surface area contributed by atoms with Crippen molar-refractivity contribution in [2.45, 2.75) is 45.1 Å². The van der Waals surface area contributed by atoms with Gasteiger partial charge in [-0.25, -0.2) is 4.98 Å². The van der Waals surface area contributed by atoms with E-state index in [1.165, 1.54) is 0 Å². The number of hydrogen-bond donors (Lipinski definition) is 1. The van der Waals surface area contributed by atoms with E-state index in [1.54, 1.807) is 12.0 Å². The molecule has 0 aliphatic carbocycles. The lowest BCUT2D eigenvalue weighted by atomic mass is 9.95. The van der Waals surface area contributed by atoms with Crippen LogP contribution < -0.4 is 0 Å². The summed E-state index contributed by atoms with van der Waals surface area (Å²) in [7, 11) is 1.69. The number of ether oxygens (including phenoxy) is 1. The van der Waals surface area contributed by atoms with E-state index >= 15 is 0 Å². The smallest absolute Gasteiger partial charge is 0.293 e. The largest absolute Gasteiger partial charge is 0.377 e. The highest BCUT2D eigenvalue weighted by Gasteiger charge is 2.34. The summed E-state index contributed by atoms with van der Waals surface area (Å²) in [6, 6.07) is 0. The number of nitrogens with zero attached hydrogens (tertiary/aromatic N) is 3. The van der Waals surface area contributed by atoms with Crippen LogP contribution in [-0.4, -0.2) is 51.8 Å². The van der Waals surface area contributed by atoms with Crippen molar-refractivity contribution in [2.24, 2.45) is 0 Å². The molecule has 6 heteroatoms. The fourth-order valence-electron chi connectivity index (χ4n) is 2.32. The molecule has 2 rings (SSSR count). The van der Waals surface area contributed by atoms with Gasteiger partial charge in [0.15, 0.2) is 0 Å². The van der Waals surface area contributed by atoms with E-state index in [1.807, 2.05) is 20.8 Å². The number of hydrogen-bond acceptors (Lipinski definition) is 4. The monoisotopic (exact) mass is 266 g/mol. The molecule has 1 aromatic heterocycles. The molecule has 106 valence electrons. The SMILES string of the molecule is COC1(C)CCCN(C(=O)c2n[nH]c(C(C)C)n2)C1. The summed E-state index contributed by atoms with van der Waals surface area (Å²) < 4.78 is 5.50. The van der Waals surface area contributed by atoms with E-state index < -0.39 is 0 Å². The highest BCUT2D eigenvalue weighted by atomic mass is 16.5.